The van der Waals surface area contributed by atoms with E-state index in [9.17, 15) is 4.79 Å². The monoisotopic (exact) mass is 271 g/mol. The van der Waals surface area contributed by atoms with E-state index in [1.807, 2.05) is 18.2 Å². The number of benzene rings is 1. The predicted molar refractivity (Wildman–Crippen MR) is 63.2 cm³/mol. The molecule has 0 aromatic heterocycles. The molecule has 0 aliphatic carbocycles. The van der Waals surface area contributed by atoms with E-state index in [2.05, 4.69) is 15.9 Å². The smallest absolute Gasteiger partial charge is 0.307 e. The molecule has 82 valence electrons. The van der Waals surface area contributed by atoms with Gasteiger partial charge in [0.1, 0.15) is 0 Å². The molecule has 3 N–H and O–H groups in total. The van der Waals surface area contributed by atoms with Gasteiger partial charge >= 0.3 is 5.97 Å². The minimum Gasteiger partial charge on any atom is -0.481 e. The first kappa shape index (κ1) is 12.2. The topological polar surface area (TPSA) is 63.3 Å². The molecule has 1 aromatic carbocycles. The summed E-state index contributed by atoms with van der Waals surface area (Å²) in [4.78, 5) is 10.6. The van der Waals surface area contributed by atoms with Crippen LogP contribution in [0.2, 0.25) is 0 Å². The molecule has 0 atom stereocenters. The average Bonchev–Trinajstić information content (AvgIpc) is 2.16. The maximum absolute atomic E-state index is 10.6. The van der Waals surface area contributed by atoms with Gasteiger partial charge in [0.2, 0.25) is 0 Å². The fourth-order valence-electron chi connectivity index (χ4n) is 1.49. The van der Waals surface area contributed by atoms with Crippen LogP contribution >= 0.6 is 15.9 Å². The molecule has 3 nitrogen and oxygen atoms in total. The molecule has 0 bridgehead atoms. The number of rotatable bonds is 5. The fraction of sp³-hybridized carbons (Fsp3) is 0.364. The molecule has 0 saturated carbocycles. The summed E-state index contributed by atoms with van der Waals surface area (Å²) in [6, 6.07) is 5.80. The molecule has 0 saturated heterocycles. The lowest BCUT2D eigenvalue weighted by atomic mass is 10.0. The molecule has 0 aliphatic rings. The van der Waals surface area contributed by atoms with Crippen molar-refractivity contribution in [2.45, 2.75) is 19.4 Å². The number of aryl methyl sites for hydroxylation is 1. The Morgan fingerprint density at radius 3 is 2.40 bits per heavy atom. The van der Waals surface area contributed by atoms with Gasteiger partial charge in [0.15, 0.2) is 0 Å². The van der Waals surface area contributed by atoms with Gasteiger partial charge in [-0.05, 0) is 23.1 Å². The quantitative estimate of drug-likeness (QED) is 0.802. The number of carboxylic acids is 1. The Kier molecular flexibility index (Phi) is 4.78. The highest BCUT2D eigenvalue weighted by molar-refractivity contribution is 9.09. The molecule has 0 amide bonds. The lowest BCUT2D eigenvalue weighted by Crippen LogP contribution is -2.04. The van der Waals surface area contributed by atoms with E-state index in [0.717, 1.165) is 28.4 Å². The van der Waals surface area contributed by atoms with Crippen molar-refractivity contribution in [1.29, 1.82) is 0 Å². The molecule has 0 heterocycles. The van der Waals surface area contributed by atoms with Gasteiger partial charge in [-0.1, -0.05) is 34.1 Å². The van der Waals surface area contributed by atoms with E-state index >= 15 is 0 Å². The zero-order valence-electron chi connectivity index (χ0n) is 8.37. The van der Waals surface area contributed by atoms with Gasteiger partial charge in [-0.25, -0.2) is 0 Å². The summed E-state index contributed by atoms with van der Waals surface area (Å²) in [6.45, 7) is 0.447. The molecule has 1 rings (SSSR count). The number of alkyl halides is 1. The van der Waals surface area contributed by atoms with Crippen LogP contribution < -0.4 is 5.73 Å². The number of halogens is 1. The van der Waals surface area contributed by atoms with E-state index in [1.54, 1.807) is 0 Å². The molecule has 1 aromatic rings. The van der Waals surface area contributed by atoms with Crippen molar-refractivity contribution < 1.29 is 9.90 Å². The first-order valence-electron chi connectivity index (χ1n) is 4.75. The molecule has 0 spiro atoms. The van der Waals surface area contributed by atoms with E-state index in [-0.39, 0.29) is 6.42 Å². The third-order valence-corrected chi connectivity index (χ3v) is 2.48. The van der Waals surface area contributed by atoms with Crippen LogP contribution in [0, 0.1) is 0 Å². The van der Waals surface area contributed by atoms with Crippen LogP contribution in [0.15, 0.2) is 18.2 Å². The Balaban J connectivity index is 2.94. The second kappa shape index (κ2) is 5.88. The fourth-order valence-corrected chi connectivity index (χ4v) is 1.95. The second-order valence-electron chi connectivity index (χ2n) is 3.37. The highest BCUT2D eigenvalue weighted by atomic mass is 79.9. The minimum atomic E-state index is -0.811. The van der Waals surface area contributed by atoms with Crippen molar-refractivity contribution in [3.05, 3.63) is 34.9 Å². The number of hydrogen-bond donors (Lipinski definition) is 2. The summed E-state index contributed by atoms with van der Waals surface area (Å²) in [5, 5.41) is 9.58. The van der Waals surface area contributed by atoms with Crippen LogP contribution in [0.5, 0.6) is 0 Å². The maximum Gasteiger partial charge on any atom is 0.307 e. The average molecular weight is 272 g/mol. The summed E-state index contributed by atoms with van der Waals surface area (Å²) in [7, 11) is 0. The van der Waals surface area contributed by atoms with Crippen LogP contribution in [0.1, 0.15) is 16.7 Å². The molecule has 15 heavy (non-hydrogen) atoms. The van der Waals surface area contributed by atoms with Crippen molar-refractivity contribution in [2.75, 3.05) is 5.33 Å². The summed E-state index contributed by atoms with van der Waals surface area (Å²) >= 11 is 3.36. The number of carbonyl (C=O) groups is 1. The van der Waals surface area contributed by atoms with E-state index in [4.69, 9.17) is 10.8 Å². The third kappa shape index (κ3) is 4.01. The Hall–Kier alpha value is -0.870. The highest BCUT2D eigenvalue weighted by Crippen LogP contribution is 2.12. The molecular formula is C11H14BrNO2. The summed E-state index contributed by atoms with van der Waals surface area (Å²) in [6.07, 6.45) is 0.948. The SMILES string of the molecule is NCc1cc(CCBr)cc(CC(=O)O)c1. The summed E-state index contributed by atoms with van der Waals surface area (Å²) < 4.78 is 0. The number of aliphatic carboxylic acids is 1. The molecular weight excluding hydrogens is 258 g/mol. The van der Waals surface area contributed by atoms with Gasteiger partial charge in [-0.3, -0.25) is 4.79 Å². The first-order chi connectivity index (χ1) is 7.15. The van der Waals surface area contributed by atoms with Gasteiger partial charge in [-0.2, -0.15) is 0 Å². The van der Waals surface area contributed by atoms with Crippen LogP contribution in [0.4, 0.5) is 0 Å². The molecule has 0 aliphatic heterocycles. The lowest BCUT2D eigenvalue weighted by Gasteiger charge is -2.06. The third-order valence-electron chi connectivity index (χ3n) is 2.09. The summed E-state index contributed by atoms with van der Waals surface area (Å²) in [5.41, 5.74) is 8.50. The minimum absolute atomic E-state index is 0.0587. The zero-order chi connectivity index (χ0) is 11.3. The number of hydrogen-bond acceptors (Lipinski definition) is 2. The van der Waals surface area contributed by atoms with E-state index in [0.29, 0.717) is 6.54 Å². The van der Waals surface area contributed by atoms with Gasteiger partial charge in [-0.15, -0.1) is 0 Å². The van der Waals surface area contributed by atoms with Crippen molar-refractivity contribution >= 4 is 21.9 Å². The second-order valence-corrected chi connectivity index (χ2v) is 4.16. The van der Waals surface area contributed by atoms with Gasteiger partial charge in [0, 0.05) is 11.9 Å². The van der Waals surface area contributed by atoms with E-state index < -0.39 is 5.97 Å². The molecule has 0 unspecified atom stereocenters. The largest absolute Gasteiger partial charge is 0.481 e. The number of carboxylic acid groups (broad SMARTS) is 1. The highest BCUT2D eigenvalue weighted by Gasteiger charge is 2.04. The van der Waals surface area contributed by atoms with Crippen LogP contribution in [-0.2, 0) is 24.2 Å². The van der Waals surface area contributed by atoms with Crippen molar-refractivity contribution in [3.63, 3.8) is 0 Å². The van der Waals surface area contributed by atoms with Crippen LogP contribution in [0.3, 0.4) is 0 Å². The maximum atomic E-state index is 10.6. The van der Waals surface area contributed by atoms with Crippen LogP contribution in [-0.4, -0.2) is 16.4 Å². The Morgan fingerprint density at radius 2 is 1.87 bits per heavy atom. The zero-order valence-corrected chi connectivity index (χ0v) is 9.96. The van der Waals surface area contributed by atoms with Crippen molar-refractivity contribution in [1.82, 2.24) is 0 Å². The van der Waals surface area contributed by atoms with Crippen molar-refractivity contribution in [3.8, 4) is 0 Å². The standard InChI is InChI=1S/C11H14BrNO2/c12-2-1-8-3-9(6-11(14)15)5-10(4-8)7-13/h3-5H,1-2,6-7,13H2,(H,14,15). The normalized spacial score (nSPS) is 10.3. The lowest BCUT2D eigenvalue weighted by molar-refractivity contribution is -0.136. The van der Waals surface area contributed by atoms with Gasteiger partial charge in [0.05, 0.1) is 6.42 Å². The number of nitrogens with two attached hydrogens (primary N) is 1. The van der Waals surface area contributed by atoms with Gasteiger partial charge in [0.25, 0.3) is 0 Å². The molecule has 4 heteroatoms. The Bertz CT molecular complexity index is 352. The Labute approximate surface area is 97.4 Å². The van der Waals surface area contributed by atoms with Gasteiger partial charge < -0.3 is 10.8 Å². The molecule has 0 fully saturated rings. The predicted octanol–water partition coefficient (Wildman–Crippen LogP) is 1.71. The first-order valence-corrected chi connectivity index (χ1v) is 5.87. The molecule has 0 radical (unpaired) electrons. The summed E-state index contributed by atoms with van der Waals surface area (Å²) in [5.74, 6) is -0.811. The van der Waals surface area contributed by atoms with Crippen LogP contribution in [0.25, 0.3) is 0 Å². The van der Waals surface area contributed by atoms with Crippen molar-refractivity contribution in [2.24, 2.45) is 5.73 Å². The Morgan fingerprint density at radius 1 is 1.27 bits per heavy atom. The van der Waals surface area contributed by atoms with E-state index in [1.165, 1.54) is 0 Å².